The fraction of sp³-hybridized carbons (Fsp3) is 0.438. The fourth-order valence-corrected chi connectivity index (χ4v) is 2.91. The minimum atomic E-state index is -0.293. The number of hydrogen-bond acceptors (Lipinski definition) is 4. The Morgan fingerprint density at radius 1 is 1.40 bits per heavy atom. The summed E-state index contributed by atoms with van der Waals surface area (Å²) in [6.07, 6.45) is 0.676. The van der Waals surface area contributed by atoms with Crippen LogP contribution in [0.2, 0.25) is 0 Å². The van der Waals surface area contributed by atoms with E-state index < -0.39 is 0 Å². The average molecular weight is 272 g/mol. The predicted molar refractivity (Wildman–Crippen MR) is 79.7 cm³/mol. The lowest BCUT2D eigenvalue weighted by Crippen LogP contribution is -2.25. The second-order valence-electron chi connectivity index (χ2n) is 5.56. The van der Waals surface area contributed by atoms with Crippen LogP contribution in [-0.2, 0) is 6.61 Å². The third-order valence-electron chi connectivity index (χ3n) is 4.16. The van der Waals surface area contributed by atoms with Crippen molar-refractivity contribution in [2.45, 2.75) is 26.1 Å². The van der Waals surface area contributed by atoms with Crippen LogP contribution in [-0.4, -0.2) is 34.4 Å². The van der Waals surface area contributed by atoms with Crippen molar-refractivity contribution >= 4 is 16.7 Å². The number of nitrogens with zero attached hydrogens (tertiary/aromatic N) is 2. The lowest BCUT2D eigenvalue weighted by atomic mass is 10.0. The summed E-state index contributed by atoms with van der Waals surface area (Å²) in [5, 5.41) is 20.4. The molecule has 20 heavy (non-hydrogen) atoms. The van der Waals surface area contributed by atoms with Crippen LogP contribution in [0.3, 0.4) is 0 Å². The Morgan fingerprint density at radius 3 is 2.90 bits per heavy atom. The highest BCUT2D eigenvalue weighted by molar-refractivity contribution is 5.81. The van der Waals surface area contributed by atoms with Gasteiger partial charge < -0.3 is 15.1 Å². The monoisotopic (exact) mass is 272 g/mol. The Morgan fingerprint density at radius 2 is 2.20 bits per heavy atom. The van der Waals surface area contributed by atoms with Gasteiger partial charge in [-0.1, -0.05) is 18.2 Å². The maximum absolute atomic E-state index is 9.72. The molecular weight excluding hydrogens is 252 g/mol. The number of benzene rings is 1. The highest BCUT2D eigenvalue weighted by Gasteiger charge is 2.28. The first-order valence-corrected chi connectivity index (χ1v) is 7.11. The number of aliphatic hydroxyl groups excluding tert-OH is 2. The van der Waals surface area contributed by atoms with Gasteiger partial charge in [0.2, 0.25) is 0 Å². The van der Waals surface area contributed by atoms with E-state index in [2.05, 4.69) is 4.90 Å². The number of hydrogen-bond donors (Lipinski definition) is 2. The van der Waals surface area contributed by atoms with Crippen molar-refractivity contribution < 1.29 is 10.2 Å². The van der Waals surface area contributed by atoms with Crippen LogP contribution >= 0.6 is 0 Å². The maximum atomic E-state index is 9.72. The zero-order valence-electron chi connectivity index (χ0n) is 11.7. The molecule has 0 aliphatic carbocycles. The third kappa shape index (κ3) is 2.37. The largest absolute Gasteiger partial charge is 0.393 e. The number of para-hydroxylation sites is 1. The topological polar surface area (TPSA) is 56.6 Å². The number of aliphatic hydroxyl groups is 2. The first kappa shape index (κ1) is 13.3. The van der Waals surface area contributed by atoms with E-state index in [1.807, 2.05) is 37.3 Å². The second kappa shape index (κ2) is 5.38. The van der Waals surface area contributed by atoms with Gasteiger partial charge in [-0.15, -0.1) is 0 Å². The Hall–Kier alpha value is -1.65. The van der Waals surface area contributed by atoms with Crippen molar-refractivity contribution in [2.75, 3.05) is 18.0 Å². The van der Waals surface area contributed by atoms with Crippen LogP contribution in [0.4, 0.5) is 5.82 Å². The molecule has 106 valence electrons. The molecule has 0 amide bonds. The molecule has 2 unspecified atom stereocenters. The van der Waals surface area contributed by atoms with Crippen molar-refractivity contribution in [3.05, 3.63) is 35.9 Å². The van der Waals surface area contributed by atoms with Gasteiger partial charge in [0, 0.05) is 30.0 Å². The van der Waals surface area contributed by atoms with E-state index in [1.165, 1.54) is 0 Å². The van der Waals surface area contributed by atoms with Crippen LogP contribution in [0.15, 0.2) is 30.3 Å². The summed E-state index contributed by atoms with van der Waals surface area (Å²) >= 11 is 0. The molecule has 2 N–H and O–H groups in total. The maximum Gasteiger partial charge on any atom is 0.134 e. The van der Waals surface area contributed by atoms with Gasteiger partial charge in [-0.2, -0.15) is 0 Å². The molecule has 0 saturated carbocycles. The van der Waals surface area contributed by atoms with Gasteiger partial charge in [-0.25, -0.2) is 4.98 Å². The van der Waals surface area contributed by atoms with E-state index in [1.54, 1.807) is 0 Å². The van der Waals surface area contributed by atoms with E-state index in [9.17, 15) is 10.2 Å². The lowest BCUT2D eigenvalue weighted by molar-refractivity contribution is 0.136. The van der Waals surface area contributed by atoms with Crippen molar-refractivity contribution in [1.29, 1.82) is 0 Å². The van der Waals surface area contributed by atoms with E-state index in [-0.39, 0.29) is 18.6 Å². The highest BCUT2D eigenvalue weighted by Crippen LogP contribution is 2.29. The van der Waals surface area contributed by atoms with E-state index in [4.69, 9.17) is 4.98 Å². The molecule has 0 radical (unpaired) electrons. The first-order chi connectivity index (χ1) is 9.69. The van der Waals surface area contributed by atoms with E-state index >= 15 is 0 Å². The van der Waals surface area contributed by atoms with Crippen molar-refractivity contribution in [1.82, 2.24) is 4.98 Å². The zero-order valence-corrected chi connectivity index (χ0v) is 11.7. The van der Waals surface area contributed by atoms with E-state index in [0.717, 1.165) is 41.8 Å². The number of pyridine rings is 1. The Labute approximate surface area is 118 Å². The Balaban J connectivity index is 1.98. The van der Waals surface area contributed by atoms with Crippen molar-refractivity contribution in [3.8, 4) is 0 Å². The number of aromatic nitrogens is 1. The van der Waals surface area contributed by atoms with Gasteiger partial charge >= 0.3 is 0 Å². The summed E-state index contributed by atoms with van der Waals surface area (Å²) in [6, 6.07) is 9.95. The molecule has 1 aliphatic heterocycles. The van der Waals surface area contributed by atoms with Crippen molar-refractivity contribution in [2.24, 2.45) is 5.92 Å². The van der Waals surface area contributed by atoms with E-state index in [0.29, 0.717) is 0 Å². The Bertz CT molecular complexity index is 612. The van der Waals surface area contributed by atoms with Gasteiger partial charge in [0.05, 0.1) is 18.2 Å². The summed E-state index contributed by atoms with van der Waals surface area (Å²) in [6.45, 7) is 3.52. The molecule has 2 atom stereocenters. The van der Waals surface area contributed by atoms with Crippen LogP contribution in [0.5, 0.6) is 0 Å². The first-order valence-electron chi connectivity index (χ1n) is 7.11. The summed E-state index contributed by atoms with van der Waals surface area (Å²) in [5.74, 6) is 1.14. The zero-order chi connectivity index (χ0) is 14.1. The van der Waals surface area contributed by atoms with Gasteiger partial charge in [0.25, 0.3) is 0 Å². The summed E-state index contributed by atoms with van der Waals surface area (Å²) in [5.41, 5.74) is 1.80. The second-order valence-corrected chi connectivity index (χ2v) is 5.56. The predicted octanol–water partition coefficient (Wildman–Crippen LogP) is 1.93. The van der Waals surface area contributed by atoms with Gasteiger partial charge in [-0.05, 0) is 25.5 Å². The molecule has 4 nitrogen and oxygen atoms in total. The molecule has 2 aromatic rings. The SMILES string of the molecule is CC(O)C1CCN(c2nc3ccccc3cc2CO)C1. The third-order valence-corrected chi connectivity index (χ3v) is 4.16. The number of anilines is 1. The van der Waals surface area contributed by atoms with Crippen LogP contribution < -0.4 is 4.90 Å². The average Bonchev–Trinajstić information content (AvgIpc) is 2.95. The molecule has 1 saturated heterocycles. The van der Waals surface area contributed by atoms with Crippen LogP contribution in [0.1, 0.15) is 18.9 Å². The molecule has 1 aliphatic rings. The summed E-state index contributed by atoms with van der Waals surface area (Å²) < 4.78 is 0. The Kier molecular flexibility index (Phi) is 3.59. The highest BCUT2D eigenvalue weighted by atomic mass is 16.3. The smallest absolute Gasteiger partial charge is 0.134 e. The fourth-order valence-electron chi connectivity index (χ4n) is 2.91. The molecule has 0 bridgehead atoms. The van der Waals surface area contributed by atoms with Gasteiger partial charge in [0.15, 0.2) is 0 Å². The molecule has 1 aromatic heterocycles. The quantitative estimate of drug-likeness (QED) is 0.896. The summed E-state index contributed by atoms with van der Waals surface area (Å²) in [7, 11) is 0. The molecule has 1 aromatic carbocycles. The van der Waals surface area contributed by atoms with Gasteiger partial charge in [-0.3, -0.25) is 0 Å². The van der Waals surface area contributed by atoms with Crippen molar-refractivity contribution in [3.63, 3.8) is 0 Å². The molecule has 0 spiro atoms. The number of fused-ring (bicyclic) bond motifs is 1. The van der Waals surface area contributed by atoms with Crippen LogP contribution in [0, 0.1) is 5.92 Å². The molecule has 3 rings (SSSR count). The minimum absolute atomic E-state index is 0.0109. The minimum Gasteiger partial charge on any atom is -0.393 e. The normalized spacial score (nSPS) is 20.6. The molecule has 4 heteroatoms. The molecular formula is C16H20N2O2. The number of rotatable bonds is 3. The standard InChI is InChI=1S/C16H20N2O2/c1-11(20)13-6-7-18(9-13)16-14(10-19)8-12-4-2-3-5-15(12)17-16/h2-5,8,11,13,19-20H,6-7,9-10H2,1H3. The van der Waals surface area contributed by atoms with Gasteiger partial charge in [0.1, 0.15) is 5.82 Å². The van der Waals surface area contributed by atoms with Crippen LogP contribution in [0.25, 0.3) is 10.9 Å². The summed E-state index contributed by atoms with van der Waals surface area (Å²) in [4.78, 5) is 6.88. The molecule has 1 fully saturated rings. The molecule has 2 heterocycles. The lowest BCUT2D eigenvalue weighted by Gasteiger charge is -2.21.